The van der Waals surface area contributed by atoms with Crippen molar-refractivity contribution in [3.8, 4) is 5.75 Å². The van der Waals surface area contributed by atoms with Crippen molar-refractivity contribution in [3.63, 3.8) is 0 Å². The SMILES string of the molecule is COc1ccc2c(c1)[C@@]1(C)CCCC(C2)[C@H]1NCC=C(C)C. The van der Waals surface area contributed by atoms with Crippen LogP contribution in [0.5, 0.6) is 5.75 Å². The summed E-state index contributed by atoms with van der Waals surface area (Å²) in [5, 5.41) is 3.86. The highest BCUT2D eigenvalue weighted by Crippen LogP contribution is 2.49. The first kappa shape index (κ1) is 15.6. The van der Waals surface area contributed by atoms with Gasteiger partial charge in [-0.3, -0.25) is 0 Å². The number of hydrogen-bond acceptors (Lipinski definition) is 2. The van der Waals surface area contributed by atoms with Crippen molar-refractivity contribution in [2.45, 2.75) is 57.9 Å². The minimum absolute atomic E-state index is 0.237. The summed E-state index contributed by atoms with van der Waals surface area (Å²) in [6.07, 6.45) is 7.49. The second-order valence-corrected chi connectivity index (χ2v) is 7.46. The van der Waals surface area contributed by atoms with Crippen LogP contribution in [0.25, 0.3) is 0 Å². The van der Waals surface area contributed by atoms with Gasteiger partial charge < -0.3 is 10.1 Å². The normalized spacial score (nSPS) is 29.6. The van der Waals surface area contributed by atoms with Gasteiger partial charge in [0, 0.05) is 18.0 Å². The van der Waals surface area contributed by atoms with Crippen LogP contribution in [0, 0.1) is 5.92 Å². The molecule has 3 rings (SSSR count). The van der Waals surface area contributed by atoms with Crippen LogP contribution in [0.2, 0.25) is 0 Å². The molecule has 0 amide bonds. The zero-order valence-corrected chi connectivity index (χ0v) is 14.4. The van der Waals surface area contributed by atoms with Crippen LogP contribution in [0.4, 0.5) is 0 Å². The summed E-state index contributed by atoms with van der Waals surface area (Å²) < 4.78 is 5.48. The number of hydrogen-bond donors (Lipinski definition) is 1. The summed E-state index contributed by atoms with van der Waals surface area (Å²) in [4.78, 5) is 0. The second kappa shape index (κ2) is 6.08. The summed E-state index contributed by atoms with van der Waals surface area (Å²) in [5.74, 6) is 1.76. The first-order valence-corrected chi connectivity index (χ1v) is 8.59. The first-order chi connectivity index (χ1) is 10.5. The minimum Gasteiger partial charge on any atom is -0.497 e. The molecule has 3 atom stereocenters. The van der Waals surface area contributed by atoms with Crippen LogP contribution in [0.1, 0.15) is 51.2 Å². The fourth-order valence-electron chi connectivity index (χ4n) is 4.55. The summed E-state index contributed by atoms with van der Waals surface area (Å²) in [5.41, 5.74) is 4.67. The number of benzene rings is 1. The zero-order valence-electron chi connectivity index (χ0n) is 14.4. The van der Waals surface area contributed by atoms with Crippen molar-refractivity contribution < 1.29 is 4.74 Å². The molecule has 0 saturated heterocycles. The molecule has 120 valence electrons. The standard InChI is InChI=1S/C20H29NO/c1-14(2)9-11-21-19-16-6-5-10-20(19,3)18-13-17(22-4)8-7-15(18)12-16/h7-9,13,16,19,21H,5-6,10-12H2,1-4H3/t16?,19-,20-/m1/s1. The first-order valence-electron chi connectivity index (χ1n) is 8.59. The largest absolute Gasteiger partial charge is 0.497 e. The minimum atomic E-state index is 0.237. The summed E-state index contributed by atoms with van der Waals surface area (Å²) >= 11 is 0. The Morgan fingerprint density at radius 2 is 2.23 bits per heavy atom. The van der Waals surface area contributed by atoms with Crippen LogP contribution in [-0.2, 0) is 11.8 Å². The van der Waals surface area contributed by atoms with E-state index in [0.29, 0.717) is 6.04 Å². The monoisotopic (exact) mass is 299 g/mol. The van der Waals surface area contributed by atoms with Gasteiger partial charge in [-0.2, -0.15) is 0 Å². The van der Waals surface area contributed by atoms with Crippen molar-refractivity contribution >= 4 is 0 Å². The number of ether oxygens (including phenoxy) is 1. The van der Waals surface area contributed by atoms with E-state index in [2.05, 4.69) is 50.4 Å². The average molecular weight is 299 g/mol. The lowest BCUT2D eigenvalue weighted by molar-refractivity contribution is 0.144. The highest BCUT2D eigenvalue weighted by atomic mass is 16.5. The molecule has 2 nitrogen and oxygen atoms in total. The van der Waals surface area contributed by atoms with E-state index in [1.54, 1.807) is 7.11 Å². The average Bonchev–Trinajstić information content (AvgIpc) is 2.48. The maximum absolute atomic E-state index is 5.48. The van der Waals surface area contributed by atoms with E-state index in [9.17, 15) is 0 Å². The molecule has 2 heteroatoms. The molecular weight excluding hydrogens is 270 g/mol. The molecule has 0 radical (unpaired) electrons. The molecular formula is C20H29NO. The highest BCUT2D eigenvalue weighted by Gasteiger charge is 2.47. The van der Waals surface area contributed by atoms with Gasteiger partial charge in [0.1, 0.15) is 5.75 Å². The molecule has 0 spiro atoms. The Labute approximate surface area is 135 Å². The van der Waals surface area contributed by atoms with Gasteiger partial charge >= 0.3 is 0 Å². The lowest BCUT2D eigenvalue weighted by Gasteiger charge is -2.51. The zero-order chi connectivity index (χ0) is 15.7. The third-order valence-corrected chi connectivity index (χ3v) is 5.69. The van der Waals surface area contributed by atoms with E-state index in [1.807, 2.05) is 0 Å². The van der Waals surface area contributed by atoms with Gasteiger partial charge in [0.2, 0.25) is 0 Å². The number of fused-ring (bicyclic) bond motifs is 4. The summed E-state index contributed by atoms with van der Waals surface area (Å²) in [6.45, 7) is 7.78. The quantitative estimate of drug-likeness (QED) is 0.840. The van der Waals surface area contributed by atoms with Gasteiger partial charge in [0.05, 0.1) is 7.11 Å². The van der Waals surface area contributed by atoms with Crippen molar-refractivity contribution in [1.82, 2.24) is 5.32 Å². The molecule has 1 aromatic carbocycles. The fourth-order valence-corrected chi connectivity index (χ4v) is 4.55. The number of rotatable bonds is 4. The third kappa shape index (κ3) is 2.69. The maximum atomic E-state index is 5.48. The van der Waals surface area contributed by atoms with Gasteiger partial charge in [-0.25, -0.2) is 0 Å². The summed E-state index contributed by atoms with van der Waals surface area (Å²) in [7, 11) is 1.76. The smallest absolute Gasteiger partial charge is 0.119 e. The van der Waals surface area contributed by atoms with E-state index in [4.69, 9.17) is 4.74 Å². The predicted octanol–water partition coefficient (Wildman–Crippen LogP) is 4.23. The number of allylic oxidation sites excluding steroid dienone is 1. The molecule has 0 heterocycles. The van der Waals surface area contributed by atoms with Crippen molar-refractivity contribution in [3.05, 3.63) is 41.0 Å². The van der Waals surface area contributed by atoms with Crippen LogP contribution in [0.3, 0.4) is 0 Å². The lowest BCUT2D eigenvalue weighted by Crippen LogP contribution is -2.57. The highest BCUT2D eigenvalue weighted by molar-refractivity contribution is 5.45. The molecule has 2 aliphatic rings. The Balaban J connectivity index is 1.94. The van der Waals surface area contributed by atoms with Gasteiger partial charge in [0.15, 0.2) is 0 Å². The van der Waals surface area contributed by atoms with E-state index >= 15 is 0 Å². The molecule has 1 saturated carbocycles. The van der Waals surface area contributed by atoms with E-state index < -0.39 is 0 Å². The third-order valence-electron chi connectivity index (χ3n) is 5.69. The molecule has 22 heavy (non-hydrogen) atoms. The Morgan fingerprint density at radius 3 is 2.95 bits per heavy atom. The fraction of sp³-hybridized carbons (Fsp3) is 0.600. The van der Waals surface area contributed by atoms with Crippen LogP contribution in [-0.4, -0.2) is 19.7 Å². The summed E-state index contributed by atoms with van der Waals surface area (Å²) in [6, 6.07) is 7.27. The Morgan fingerprint density at radius 1 is 1.41 bits per heavy atom. The topological polar surface area (TPSA) is 21.3 Å². The van der Waals surface area contributed by atoms with E-state index in [-0.39, 0.29) is 5.41 Å². The van der Waals surface area contributed by atoms with Gasteiger partial charge in [-0.05, 0) is 62.3 Å². The molecule has 2 aliphatic carbocycles. The second-order valence-electron chi connectivity index (χ2n) is 7.46. The number of nitrogens with one attached hydrogen (secondary N) is 1. The van der Waals surface area contributed by atoms with Crippen molar-refractivity contribution in [2.75, 3.05) is 13.7 Å². The molecule has 1 unspecified atom stereocenters. The Bertz CT molecular complexity index is 573. The van der Waals surface area contributed by atoms with E-state index in [0.717, 1.165) is 18.2 Å². The van der Waals surface area contributed by atoms with E-state index in [1.165, 1.54) is 42.4 Å². The molecule has 1 N–H and O–H groups in total. The predicted molar refractivity (Wildman–Crippen MR) is 92.6 cm³/mol. The molecule has 1 fully saturated rings. The molecule has 0 aromatic heterocycles. The van der Waals surface area contributed by atoms with Crippen molar-refractivity contribution in [1.29, 1.82) is 0 Å². The van der Waals surface area contributed by atoms with Crippen LogP contribution in [0.15, 0.2) is 29.8 Å². The molecule has 0 aliphatic heterocycles. The lowest BCUT2D eigenvalue weighted by atomic mass is 9.57. The van der Waals surface area contributed by atoms with Gasteiger partial charge in [-0.15, -0.1) is 0 Å². The van der Waals surface area contributed by atoms with Gasteiger partial charge in [-0.1, -0.05) is 31.1 Å². The molecule has 1 aromatic rings. The Kier molecular flexibility index (Phi) is 4.31. The number of methoxy groups -OCH3 is 1. The van der Waals surface area contributed by atoms with Crippen LogP contribution < -0.4 is 10.1 Å². The van der Waals surface area contributed by atoms with Gasteiger partial charge in [0.25, 0.3) is 0 Å². The van der Waals surface area contributed by atoms with Crippen LogP contribution >= 0.6 is 0 Å². The Hall–Kier alpha value is -1.28. The molecule has 2 bridgehead atoms. The van der Waals surface area contributed by atoms with Crippen molar-refractivity contribution in [2.24, 2.45) is 5.92 Å². The maximum Gasteiger partial charge on any atom is 0.119 e.